The number of aliphatic imine (C=N–C) groups is 1. The molecular formula is C22H28FIN4O3. The molecule has 2 atom stereocenters. The van der Waals surface area contributed by atoms with Crippen molar-refractivity contribution in [1.29, 1.82) is 0 Å². The van der Waals surface area contributed by atoms with Crippen molar-refractivity contribution < 1.29 is 18.7 Å². The third-order valence-electron chi connectivity index (χ3n) is 5.01. The fraction of sp³-hybridized carbons (Fsp3) is 0.409. The number of aromatic nitrogens is 1. The Kier molecular flexibility index (Phi) is 9.47. The van der Waals surface area contributed by atoms with Crippen molar-refractivity contribution in [3.63, 3.8) is 0 Å². The van der Waals surface area contributed by atoms with Gasteiger partial charge in [-0.2, -0.15) is 0 Å². The number of nitrogens with one attached hydrogen (secondary N) is 1. The van der Waals surface area contributed by atoms with Crippen LogP contribution in [0.2, 0.25) is 0 Å². The first-order chi connectivity index (χ1) is 14.5. The maximum Gasteiger partial charge on any atom is 0.310 e. The highest BCUT2D eigenvalue weighted by molar-refractivity contribution is 14.0. The summed E-state index contributed by atoms with van der Waals surface area (Å²) in [6, 6.07) is 9.61. The Labute approximate surface area is 199 Å². The zero-order chi connectivity index (χ0) is 21.5. The average molecular weight is 542 g/mol. The molecule has 2 unspecified atom stereocenters. The second-order valence-electron chi connectivity index (χ2n) is 7.21. The van der Waals surface area contributed by atoms with Crippen molar-refractivity contribution in [3.05, 3.63) is 54.0 Å². The molecular weight excluding hydrogens is 514 g/mol. The molecule has 0 amide bonds. The first-order valence-electron chi connectivity index (χ1n) is 10.00. The van der Waals surface area contributed by atoms with E-state index in [-0.39, 0.29) is 47.6 Å². The number of carbonyl (C=O) groups is 1. The van der Waals surface area contributed by atoms with E-state index in [9.17, 15) is 9.18 Å². The molecule has 0 saturated carbocycles. The zero-order valence-corrected chi connectivity index (χ0v) is 20.2. The lowest BCUT2D eigenvalue weighted by Gasteiger charge is -2.21. The van der Waals surface area contributed by atoms with Crippen LogP contribution >= 0.6 is 24.0 Å². The quantitative estimate of drug-likeness (QED) is 0.259. The van der Waals surface area contributed by atoms with E-state index in [4.69, 9.17) is 14.5 Å². The normalized spacial score (nSPS) is 18.3. The van der Waals surface area contributed by atoms with Gasteiger partial charge in [-0.1, -0.05) is 19.1 Å². The molecule has 1 aliphatic heterocycles. The van der Waals surface area contributed by atoms with Gasteiger partial charge in [-0.05, 0) is 31.0 Å². The number of ether oxygens (including phenoxy) is 2. The first-order valence-corrected chi connectivity index (χ1v) is 10.00. The highest BCUT2D eigenvalue weighted by Gasteiger charge is 2.36. The Hall–Kier alpha value is -2.43. The van der Waals surface area contributed by atoms with Gasteiger partial charge < -0.3 is 19.7 Å². The van der Waals surface area contributed by atoms with Crippen molar-refractivity contribution >= 4 is 35.9 Å². The number of hydrogen-bond acceptors (Lipinski definition) is 5. The third-order valence-corrected chi connectivity index (χ3v) is 5.01. The monoisotopic (exact) mass is 542 g/mol. The predicted octanol–water partition coefficient (Wildman–Crippen LogP) is 3.84. The van der Waals surface area contributed by atoms with Crippen LogP contribution in [0, 0.1) is 17.7 Å². The van der Waals surface area contributed by atoms with Gasteiger partial charge in [0.1, 0.15) is 11.6 Å². The lowest BCUT2D eigenvalue weighted by atomic mass is 9.99. The number of benzene rings is 1. The molecule has 0 radical (unpaired) electrons. The predicted molar refractivity (Wildman–Crippen MR) is 127 cm³/mol. The number of guanidine groups is 1. The van der Waals surface area contributed by atoms with Crippen molar-refractivity contribution in [2.45, 2.75) is 20.4 Å². The van der Waals surface area contributed by atoms with Gasteiger partial charge in [-0.3, -0.25) is 4.79 Å². The fourth-order valence-electron chi connectivity index (χ4n) is 3.46. The van der Waals surface area contributed by atoms with E-state index in [1.54, 1.807) is 24.4 Å². The Balaban J connectivity index is 0.00000341. The molecule has 1 fully saturated rings. The molecule has 9 heteroatoms. The van der Waals surface area contributed by atoms with E-state index in [2.05, 4.69) is 15.2 Å². The average Bonchev–Trinajstić information content (AvgIpc) is 3.13. The highest BCUT2D eigenvalue weighted by atomic mass is 127. The van der Waals surface area contributed by atoms with Crippen LogP contribution < -0.4 is 10.1 Å². The Morgan fingerprint density at radius 2 is 2.13 bits per heavy atom. The van der Waals surface area contributed by atoms with Gasteiger partial charge in [0.15, 0.2) is 5.96 Å². The van der Waals surface area contributed by atoms with E-state index < -0.39 is 0 Å². The SMILES string of the molecule is CCNC(=NCc1cccnc1Oc1cccc(F)c1)N1CC(C)C(C(=O)OC)C1.I. The van der Waals surface area contributed by atoms with Gasteiger partial charge in [0, 0.05) is 37.5 Å². The lowest BCUT2D eigenvalue weighted by molar-refractivity contribution is -0.145. The van der Waals surface area contributed by atoms with Crippen LogP contribution in [0.25, 0.3) is 0 Å². The van der Waals surface area contributed by atoms with Crippen molar-refractivity contribution in [2.24, 2.45) is 16.8 Å². The van der Waals surface area contributed by atoms with Crippen LogP contribution in [0.3, 0.4) is 0 Å². The van der Waals surface area contributed by atoms with E-state index in [0.29, 0.717) is 37.8 Å². The van der Waals surface area contributed by atoms with Crippen molar-refractivity contribution in [2.75, 3.05) is 26.7 Å². The van der Waals surface area contributed by atoms with E-state index >= 15 is 0 Å². The number of likely N-dealkylation sites (tertiary alicyclic amines) is 1. The second-order valence-corrected chi connectivity index (χ2v) is 7.21. The lowest BCUT2D eigenvalue weighted by Crippen LogP contribution is -2.40. The van der Waals surface area contributed by atoms with Gasteiger partial charge in [0.25, 0.3) is 0 Å². The van der Waals surface area contributed by atoms with Crippen LogP contribution in [0.4, 0.5) is 4.39 Å². The molecule has 1 saturated heterocycles. The highest BCUT2D eigenvalue weighted by Crippen LogP contribution is 2.26. The Morgan fingerprint density at radius 3 is 2.84 bits per heavy atom. The Morgan fingerprint density at radius 1 is 1.32 bits per heavy atom. The summed E-state index contributed by atoms with van der Waals surface area (Å²) in [7, 11) is 1.42. The first kappa shape index (κ1) is 24.8. The molecule has 2 aromatic rings. The van der Waals surface area contributed by atoms with Gasteiger partial charge in [0.05, 0.1) is 19.6 Å². The topological polar surface area (TPSA) is 76.1 Å². The molecule has 31 heavy (non-hydrogen) atoms. The summed E-state index contributed by atoms with van der Waals surface area (Å²) in [4.78, 5) is 23.1. The molecule has 0 aliphatic carbocycles. The van der Waals surface area contributed by atoms with Gasteiger partial charge >= 0.3 is 5.97 Å². The summed E-state index contributed by atoms with van der Waals surface area (Å²) >= 11 is 0. The number of methoxy groups -OCH3 is 1. The minimum absolute atomic E-state index is 0. The number of hydrogen-bond donors (Lipinski definition) is 1. The van der Waals surface area contributed by atoms with Gasteiger partial charge in [-0.25, -0.2) is 14.4 Å². The number of carbonyl (C=O) groups excluding carboxylic acids is 1. The van der Waals surface area contributed by atoms with Crippen molar-refractivity contribution in [3.8, 4) is 11.6 Å². The van der Waals surface area contributed by atoms with E-state index in [0.717, 1.165) is 11.5 Å². The molecule has 0 spiro atoms. The summed E-state index contributed by atoms with van der Waals surface area (Å²) in [5.41, 5.74) is 0.772. The second kappa shape index (κ2) is 11.8. The maximum absolute atomic E-state index is 13.5. The summed E-state index contributed by atoms with van der Waals surface area (Å²) in [5.74, 6) is 0.900. The largest absolute Gasteiger partial charge is 0.469 e. The van der Waals surface area contributed by atoms with Gasteiger partial charge in [0.2, 0.25) is 5.88 Å². The molecule has 7 nitrogen and oxygen atoms in total. The maximum atomic E-state index is 13.5. The Bertz CT molecular complexity index is 912. The minimum Gasteiger partial charge on any atom is -0.469 e. The van der Waals surface area contributed by atoms with Crippen LogP contribution in [-0.4, -0.2) is 48.6 Å². The summed E-state index contributed by atoms with van der Waals surface area (Å²) in [6.07, 6.45) is 1.62. The number of halogens is 2. The third kappa shape index (κ3) is 6.52. The van der Waals surface area contributed by atoms with Crippen LogP contribution in [0.5, 0.6) is 11.6 Å². The van der Waals surface area contributed by atoms with Crippen LogP contribution in [0.15, 0.2) is 47.6 Å². The minimum atomic E-state index is -0.374. The molecule has 1 N–H and O–H groups in total. The van der Waals surface area contributed by atoms with E-state index in [1.165, 1.54) is 19.2 Å². The van der Waals surface area contributed by atoms with E-state index in [1.807, 2.05) is 19.9 Å². The number of nitrogens with zero attached hydrogens (tertiary/aromatic N) is 3. The number of rotatable bonds is 6. The summed E-state index contributed by atoms with van der Waals surface area (Å²) in [5, 5.41) is 3.28. The molecule has 0 bridgehead atoms. The fourth-order valence-corrected chi connectivity index (χ4v) is 3.46. The molecule has 2 heterocycles. The summed E-state index contributed by atoms with van der Waals surface area (Å²) < 4.78 is 24.2. The molecule has 1 aromatic heterocycles. The molecule has 3 rings (SSSR count). The molecule has 168 valence electrons. The number of pyridine rings is 1. The summed E-state index contributed by atoms with van der Waals surface area (Å²) in [6.45, 7) is 6.33. The molecule has 1 aromatic carbocycles. The van der Waals surface area contributed by atoms with Crippen LogP contribution in [-0.2, 0) is 16.1 Å². The van der Waals surface area contributed by atoms with Gasteiger partial charge in [-0.15, -0.1) is 24.0 Å². The smallest absolute Gasteiger partial charge is 0.310 e. The van der Waals surface area contributed by atoms with Crippen LogP contribution in [0.1, 0.15) is 19.4 Å². The van der Waals surface area contributed by atoms with Crippen molar-refractivity contribution in [1.82, 2.24) is 15.2 Å². The molecule has 1 aliphatic rings. The zero-order valence-electron chi connectivity index (χ0n) is 17.9. The standard InChI is InChI=1S/C22H27FN4O3.HI/c1-4-24-22(27-13-15(2)19(14-27)21(28)29-3)26-12-16-7-6-10-25-20(16)30-18-9-5-8-17(23)11-18;/h5-11,15,19H,4,12-14H2,1-3H3,(H,24,26);1H. The number of esters is 1.